The molecule has 0 aliphatic carbocycles. The van der Waals surface area contributed by atoms with Crippen LogP contribution in [-0.4, -0.2) is 42.0 Å². The minimum absolute atomic E-state index is 0.0119. The maximum Gasteiger partial charge on any atom is 0.241 e. The Morgan fingerprint density at radius 2 is 1.90 bits per heavy atom. The van der Waals surface area contributed by atoms with E-state index >= 15 is 0 Å². The topological polar surface area (TPSA) is 87.8 Å². The van der Waals surface area contributed by atoms with Crippen LogP contribution in [0, 0.1) is 6.92 Å². The van der Waals surface area contributed by atoms with Crippen molar-refractivity contribution in [1.82, 2.24) is 0 Å². The number of nitrogens with two attached hydrogens (primary N) is 1. The molecule has 0 saturated carbocycles. The van der Waals surface area contributed by atoms with Crippen molar-refractivity contribution in [2.24, 2.45) is 5.14 Å². The summed E-state index contributed by atoms with van der Waals surface area (Å²) in [5.41, 5.74) is 0.810. The number of primary sulfonamides is 1. The lowest BCUT2D eigenvalue weighted by atomic mass is 10.2. The van der Waals surface area contributed by atoms with Gasteiger partial charge in [-0.05, 0) is 24.6 Å². The van der Waals surface area contributed by atoms with Crippen LogP contribution in [0.5, 0.6) is 5.75 Å². The van der Waals surface area contributed by atoms with Gasteiger partial charge in [0.05, 0.1) is 19.8 Å². The van der Waals surface area contributed by atoms with Crippen LogP contribution in [0.25, 0.3) is 0 Å². The van der Waals surface area contributed by atoms with Gasteiger partial charge >= 0.3 is 0 Å². The van der Waals surface area contributed by atoms with E-state index in [1.54, 1.807) is 26.2 Å². The second-order valence-corrected chi connectivity index (χ2v) is 5.83. The van der Waals surface area contributed by atoms with Crippen LogP contribution in [0.3, 0.4) is 0 Å². The monoisotopic (exact) mass is 303 g/mol. The van der Waals surface area contributed by atoms with Crippen molar-refractivity contribution in [1.29, 1.82) is 0 Å². The Hall–Kier alpha value is -1.15. The Morgan fingerprint density at radius 1 is 1.15 bits per heavy atom. The smallest absolute Gasteiger partial charge is 0.241 e. The summed E-state index contributed by atoms with van der Waals surface area (Å²) in [7, 11) is -2.17. The van der Waals surface area contributed by atoms with Crippen LogP contribution in [0.4, 0.5) is 0 Å². The molecule has 114 valence electrons. The van der Waals surface area contributed by atoms with E-state index in [4.69, 9.17) is 19.3 Å². The zero-order valence-corrected chi connectivity index (χ0v) is 12.6. The molecule has 2 N–H and O–H groups in total. The van der Waals surface area contributed by atoms with Crippen molar-refractivity contribution in [3.05, 3.63) is 23.8 Å². The Kier molecular flexibility index (Phi) is 6.94. The van der Waals surface area contributed by atoms with Gasteiger partial charge in [0.25, 0.3) is 0 Å². The summed E-state index contributed by atoms with van der Waals surface area (Å²) in [6, 6.07) is 4.89. The maximum absolute atomic E-state index is 11.5. The molecule has 0 bridgehead atoms. The lowest BCUT2D eigenvalue weighted by Gasteiger charge is -2.11. The quantitative estimate of drug-likeness (QED) is 0.690. The summed E-state index contributed by atoms with van der Waals surface area (Å²) >= 11 is 0. The molecule has 1 aromatic rings. The van der Waals surface area contributed by atoms with Crippen LogP contribution < -0.4 is 9.88 Å². The number of benzene rings is 1. The van der Waals surface area contributed by atoms with Crippen molar-refractivity contribution in [2.75, 3.05) is 33.5 Å². The number of ether oxygens (including phenoxy) is 3. The number of hydrogen-bond acceptors (Lipinski definition) is 5. The second kappa shape index (κ2) is 8.21. The minimum Gasteiger partial charge on any atom is -0.492 e. The molecular formula is C13H21NO5S. The first-order chi connectivity index (χ1) is 9.45. The summed E-state index contributed by atoms with van der Waals surface area (Å²) in [5, 5.41) is 5.17. The lowest BCUT2D eigenvalue weighted by Crippen LogP contribution is -2.15. The summed E-state index contributed by atoms with van der Waals surface area (Å²) in [4.78, 5) is 0.0119. The van der Waals surface area contributed by atoms with E-state index < -0.39 is 10.0 Å². The average molecular weight is 303 g/mol. The van der Waals surface area contributed by atoms with E-state index in [0.29, 0.717) is 32.8 Å². The van der Waals surface area contributed by atoms with E-state index in [-0.39, 0.29) is 10.6 Å². The number of aryl methyl sites for hydroxylation is 1. The molecule has 0 heterocycles. The Morgan fingerprint density at radius 3 is 2.55 bits per heavy atom. The van der Waals surface area contributed by atoms with Gasteiger partial charge in [-0.15, -0.1) is 0 Å². The van der Waals surface area contributed by atoms with Crippen LogP contribution >= 0.6 is 0 Å². The highest BCUT2D eigenvalue weighted by molar-refractivity contribution is 7.89. The number of hydrogen-bond donors (Lipinski definition) is 1. The molecule has 0 radical (unpaired) electrons. The van der Waals surface area contributed by atoms with Crippen LogP contribution in [0.2, 0.25) is 0 Å². The summed E-state index contributed by atoms with van der Waals surface area (Å²) in [6.07, 6.45) is 0.654. The zero-order valence-electron chi connectivity index (χ0n) is 11.8. The summed E-state index contributed by atoms with van der Waals surface area (Å²) in [6.45, 7) is 3.76. The average Bonchev–Trinajstić information content (AvgIpc) is 2.38. The van der Waals surface area contributed by atoms with E-state index in [2.05, 4.69) is 0 Å². The van der Waals surface area contributed by atoms with Gasteiger partial charge in [0.2, 0.25) is 10.0 Å². The van der Waals surface area contributed by atoms with Crippen LogP contribution in [0.1, 0.15) is 12.0 Å². The molecule has 20 heavy (non-hydrogen) atoms. The fourth-order valence-electron chi connectivity index (χ4n) is 1.54. The fourth-order valence-corrected chi connectivity index (χ4v) is 2.30. The molecule has 0 spiro atoms. The van der Waals surface area contributed by atoms with Crippen LogP contribution in [0.15, 0.2) is 23.1 Å². The standard InChI is InChI=1S/C13H21NO5S/c1-11-4-5-12(13(10-11)20(14,15)16)19-7-3-6-18-9-8-17-2/h4-5,10H,3,6-9H2,1-2H3,(H2,14,15,16). The van der Waals surface area contributed by atoms with Gasteiger partial charge in [0, 0.05) is 20.1 Å². The largest absolute Gasteiger partial charge is 0.492 e. The van der Waals surface area contributed by atoms with Gasteiger partial charge in [-0.3, -0.25) is 0 Å². The molecule has 0 aliphatic rings. The maximum atomic E-state index is 11.5. The first kappa shape index (κ1) is 16.9. The summed E-state index contributed by atoms with van der Waals surface area (Å²) < 4.78 is 38.5. The number of sulfonamides is 1. The van der Waals surface area contributed by atoms with Crippen molar-refractivity contribution in [3.63, 3.8) is 0 Å². The van der Waals surface area contributed by atoms with E-state index in [9.17, 15) is 8.42 Å². The van der Waals surface area contributed by atoms with Gasteiger partial charge in [-0.1, -0.05) is 6.07 Å². The second-order valence-electron chi connectivity index (χ2n) is 4.30. The Labute approximate surface area is 119 Å². The molecule has 7 heteroatoms. The number of methoxy groups -OCH3 is 1. The van der Waals surface area contributed by atoms with Gasteiger partial charge in [-0.25, -0.2) is 13.6 Å². The highest BCUT2D eigenvalue weighted by Gasteiger charge is 2.15. The first-order valence-corrected chi connectivity index (χ1v) is 7.82. The van der Waals surface area contributed by atoms with Gasteiger partial charge in [0.1, 0.15) is 10.6 Å². The van der Waals surface area contributed by atoms with Crippen LogP contribution in [-0.2, 0) is 19.5 Å². The SMILES string of the molecule is COCCOCCCOc1ccc(C)cc1S(N)(=O)=O. The van der Waals surface area contributed by atoms with Crippen molar-refractivity contribution < 1.29 is 22.6 Å². The third kappa shape index (κ3) is 5.87. The van der Waals surface area contributed by atoms with Gasteiger partial charge < -0.3 is 14.2 Å². The Balaban J connectivity index is 2.48. The normalized spacial score (nSPS) is 11.6. The molecule has 0 aliphatic heterocycles. The fraction of sp³-hybridized carbons (Fsp3) is 0.538. The molecule has 6 nitrogen and oxygen atoms in total. The van der Waals surface area contributed by atoms with Crippen molar-refractivity contribution in [2.45, 2.75) is 18.2 Å². The third-order valence-electron chi connectivity index (χ3n) is 2.53. The molecule has 1 rings (SSSR count). The van der Waals surface area contributed by atoms with Gasteiger partial charge in [-0.2, -0.15) is 0 Å². The third-order valence-corrected chi connectivity index (χ3v) is 3.46. The predicted molar refractivity (Wildman–Crippen MR) is 75.4 cm³/mol. The summed E-state index contributed by atoms with van der Waals surface area (Å²) in [5.74, 6) is 0.273. The molecule has 0 saturated heterocycles. The lowest BCUT2D eigenvalue weighted by molar-refractivity contribution is 0.0643. The molecule has 0 amide bonds. The van der Waals surface area contributed by atoms with Crippen molar-refractivity contribution >= 4 is 10.0 Å². The highest BCUT2D eigenvalue weighted by Crippen LogP contribution is 2.23. The van der Waals surface area contributed by atoms with E-state index in [1.165, 1.54) is 6.07 Å². The minimum atomic E-state index is -3.78. The number of rotatable bonds is 9. The van der Waals surface area contributed by atoms with Crippen molar-refractivity contribution in [3.8, 4) is 5.75 Å². The zero-order chi connectivity index (χ0) is 15.0. The predicted octanol–water partition coefficient (Wildman–Crippen LogP) is 1.07. The molecular weight excluding hydrogens is 282 g/mol. The molecule has 0 unspecified atom stereocenters. The van der Waals surface area contributed by atoms with E-state index in [0.717, 1.165) is 5.56 Å². The molecule has 0 atom stereocenters. The molecule has 1 aromatic carbocycles. The van der Waals surface area contributed by atoms with E-state index in [1.807, 2.05) is 0 Å². The highest BCUT2D eigenvalue weighted by atomic mass is 32.2. The Bertz CT molecular complexity index is 515. The van der Waals surface area contributed by atoms with Gasteiger partial charge in [0.15, 0.2) is 0 Å². The molecule has 0 aromatic heterocycles. The first-order valence-electron chi connectivity index (χ1n) is 6.28. The molecule has 0 fully saturated rings.